The minimum Gasteiger partial charge on any atom is -0.384 e. The lowest BCUT2D eigenvalue weighted by molar-refractivity contribution is 0.650. The van der Waals surface area contributed by atoms with Crippen LogP contribution >= 0.6 is 27.3 Å². The van der Waals surface area contributed by atoms with Gasteiger partial charge in [0.25, 0.3) is 0 Å². The smallest absolute Gasteiger partial charge is 0.190 e. The van der Waals surface area contributed by atoms with Crippen molar-refractivity contribution in [1.29, 1.82) is 0 Å². The highest BCUT2D eigenvalue weighted by atomic mass is 79.9. The third kappa shape index (κ3) is 4.13. The number of halogens is 1. The lowest BCUT2D eigenvalue weighted by Crippen LogP contribution is -2.23. The van der Waals surface area contributed by atoms with Crippen molar-refractivity contribution in [3.8, 4) is 11.5 Å². The molecule has 1 aromatic carbocycles. The van der Waals surface area contributed by atoms with Gasteiger partial charge in [-0.3, -0.25) is 0 Å². The van der Waals surface area contributed by atoms with E-state index in [9.17, 15) is 0 Å². The van der Waals surface area contributed by atoms with Crippen molar-refractivity contribution in [2.24, 2.45) is 5.92 Å². The third-order valence-electron chi connectivity index (χ3n) is 3.73. The summed E-state index contributed by atoms with van der Waals surface area (Å²) >= 11 is 5.12. The van der Waals surface area contributed by atoms with E-state index in [0.29, 0.717) is 29.1 Å². The van der Waals surface area contributed by atoms with E-state index >= 15 is 0 Å². The number of thiazole rings is 1. The molecule has 0 saturated carbocycles. The first-order valence-electron chi connectivity index (χ1n) is 8.23. The Morgan fingerprint density at radius 1 is 1.12 bits per heavy atom. The van der Waals surface area contributed by atoms with Crippen molar-refractivity contribution >= 4 is 49.7 Å². The van der Waals surface area contributed by atoms with Gasteiger partial charge in [0.15, 0.2) is 11.0 Å². The summed E-state index contributed by atoms with van der Waals surface area (Å²) in [5, 5.41) is 2.82. The Bertz CT molecular complexity index is 904. The molecule has 0 spiro atoms. The molecule has 4 N–H and O–H groups in total. The molecule has 0 saturated heterocycles. The Hall–Kier alpha value is -2.19. The summed E-state index contributed by atoms with van der Waals surface area (Å²) in [7, 11) is 0. The summed E-state index contributed by atoms with van der Waals surface area (Å²) in [5.74, 6) is 1.59. The molecule has 2 heterocycles. The van der Waals surface area contributed by atoms with E-state index < -0.39 is 0 Å². The zero-order valence-corrected chi connectivity index (χ0v) is 17.3. The minimum atomic E-state index is 0.337. The molecular weight excluding hydrogens is 412 g/mol. The normalized spacial score (nSPS) is 11.1. The number of hydrogen-bond donors (Lipinski definition) is 2. The molecule has 2 aromatic heterocycles. The van der Waals surface area contributed by atoms with Gasteiger partial charge in [-0.15, -0.1) is 11.3 Å². The highest BCUT2D eigenvalue weighted by Crippen LogP contribution is 2.35. The number of anilines is 4. The van der Waals surface area contributed by atoms with Crippen molar-refractivity contribution < 1.29 is 0 Å². The maximum atomic E-state index is 5.79. The predicted molar refractivity (Wildman–Crippen MR) is 113 cm³/mol. The molecule has 6 nitrogen and oxygen atoms in total. The Morgan fingerprint density at radius 3 is 2.46 bits per heavy atom. The van der Waals surface area contributed by atoms with Crippen LogP contribution in [0.25, 0.3) is 11.5 Å². The molecule has 26 heavy (non-hydrogen) atoms. The fourth-order valence-corrected chi connectivity index (χ4v) is 3.78. The van der Waals surface area contributed by atoms with Crippen molar-refractivity contribution in [1.82, 2.24) is 15.0 Å². The van der Waals surface area contributed by atoms with Crippen molar-refractivity contribution in [2.45, 2.75) is 20.8 Å². The van der Waals surface area contributed by atoms with Crippen molar-refractivity contribution in [3.05, 3.63) is 39.7 Å². The Balaban J connectivity index is 2.03. The fourth-order valence-electron chi connectivity index (χ4n) is 2.61. The SMILES string of the molecule is Cc1ccc(Br)cc1N(CC(C)C)c1nc(-c2nc(N)cc(N)n2)cs1. The molecule has 3 aromatic rings. The van der Waals surface area contributed by atoms with Gasteiger partial charge in [-0.1, -0.05) is 35.8 Å². The molecule has 3 rings (SSSR count). The van der Waals surface area contributed by atoms with Crippen LogP contribution in [0, 0.1) is 12.8 Å². The van der Waals surface area contributed by atoms with Gasteiger partial charge in [0, 0.05) is 28.2 Å². The average molecular weight is 433 g/mol. The van der Waals surface area contributed by atoms with E-state index in [1.165, 1.54) is 11.6 Å². The molecule has 136 valence electrons. The summed E-state index contributed by atoms with van der Waals surface area (Å²) in [6.07, 6.45) is 0. The first kappa shape index (κ1) is 18.6. The quantitative estimate of drug-likeness (QED) is 0.609. The molecular formula is C18H21BrN6S. The predicted octanol–water partition coefficient (Wildman–Crippen LogP) is 4.63. The van der Waals surface area contributed by atoms with Gasteiger partial charge in [0.1, 0.15) is 17.3 Å². The number of nitrogen functional groups attached to an aromatic ring is 2. The summed E-state index contributed by atoms with van der Waals surface area (Å²) in [5.41, 5.74) is 14.6. The lowest BCUT2D eigenvalue weighted by Gasteiger charge is -2.26. The molecule has 0 unspecified atom stereocenters. The topological polar surface area (TPSA) is 94.0 Å². The van der Waals surface area contributed by atoms with Crippen LogP contribution in [0.1, 0.15) is 19.4 Å². The lowest BCUT2D eigenvalue weighted by atomic mass is 10.1. The van der Waals surface area contributed by atoms with E-state index in [-0.39, 0.29) is 0 Å². The maximum absolute atomic E-state index is 5.79. The number of hydrogen-bond acceptors (Lipinski definition) is 7. The van der Waals surface area contributed by atoms with Crippen LogP contribution < -0.4 is 16.4 Å². The van der Waals surface area contributed by atoms with Gasteiger partial charge in [-0.05, 0) is 30.5 Å². The van der Waals surface area contributed by atoms with Gasteiger partial charge in [0.2, 0.25) is 0 Å². The van der Waals surface area contributed by atoms with Gasteiger partial charge >= 0.3 is 0 Å². The fraction of sp³-hybridized carbons (Fsp3) is 0.278. The first-order chi connectivity index (χ1) is 12.3. The first-order valence-corrected chi connectivity index (χ1v) is 9.90. The molecule has 8 heteroatoms. The van der Waals surface area contributed by atoms with Crippen LogP contribution in [0.5, 0.6) is 0 Å². The van der Waals surface area contributed by atoms with E-state index in [1.54, 1.807) is 11.3 Å². The molecule has 0 radical (unpaired) electrons. The standard InChI is InChI=1S/C18H21BrN6S/c1-10(2)8-25(14-6-12(19)5-4-11(14)3)18-22-13(9-26-18)17-23-15(20)7-16(21)24-17/h4-7,9-10H,8H2,1-3H3,(H4,20,21,23,24). The second-order valence-electron chi connectivity index (χ2n) is 6.49. The van der Waals surface area contributed by atoms with Crippen molar-refractivity contribution in [2.75, 3.05) is 22.9 Å². The van der Waals surface area contributed by atoms with Gasteiger partial charge < -0.3 is 16.4 Å². The highest BCUT2D eigenvalue weighted by molar-refractivity contribution is 9.10. The van der Waals surface area contributed by atoms with Crippen LogP contribution in [0.4, 0.5) is 22.5 Å². The summed E-state index contributed by atoms with van der Waals surface area (Å²) < 4.78 is 1.04. The van der Waals surface area contributed by atoms with Gasteiger partial charge in [-0.25, -0.2) is 15.0 Å². The zero-order chi connectivity index (χ0) is 18.8. The number of benzene rings is 1. The summed E-state index contributed by atoms with van der Waals surface area (Å²) in [6.45, 7) is 7.34. The largest absolute Gasteiger partial charge is 0.384 e. The van der Waals surface area contributed by atoms with E-state index in [0.717, 1.165) is 21.8 Å². The molecule has 0 bridgehead atoms. The average Bonchev–Trinajstić information content (AvgIpc) is 3.04. The van der Waals surface area contributed by atoms with E-state index in [2.05, 4.69) is 63.7 Å². The Morgan fingerprint density at radius 2 is 1.81 bits per heavy atom. The Kier molecular flexibility index (Phi) is 5.43. The second-order valence-corrected chi connectivity index (χ2v) is 8.24. The van der Waals surface area contributed by atoms with Crippen molar-refractivity contribution in [3.63, 3.8) is 0 Å². The van der Waals surface area contributed by atoms with Crippen LogP contribution in [0.2, 0.25) is 0 Å². The zero-order valence-electron chi connectivity index (χ0n) is 14.9. The number of nitrogens with zero attached hydrogens (tertiary/aromatic N) is 4. The molecule has 0 aliphatic rings. The number of aromatic nitrogens is 3. The summed E-state index contributed by atoms with van der Waals surface area (Å²) in [6, 6.07) is 7.80. The third-order valence-corrected chi connectivity index (χ3v) is 5.08. The molecule has 0 aliphatic heterocycles. The maximum Gasteiger partial charge on any atom is 0.190 e. The van der Waals surface area contributed by atoms with Crippen LogP contribution in [0.15, 0.2) is 34.1 Å². The molecule has 0 atom stereocenters. The molecule has 0 aliphatic carbocycles. The van der Waals surface area contributed by atoms with Gasteiger partial charge in [0.05, 0.1) is 0 Å². The van der Waals surface area contributed by atoms with Crippen LogP contribution in [-0.2, 0) is 0 Å². The monoisotopic (exact) mass is 432 g/mol. The van der Waals surface area contributed by atoms with Crippen LogP contribution in [0.3, 0.4) is 0 Å². The number of aryl methyl sites for hydroxylation is 1. The van der Waals surface area contributed by atoms with Gasteiger partial charge in [-0.2, -0.15) is 0 Å². The number of rotatable bonds is 5. The molecule has 0 fully saturated rings. The summed E-state index contributed by atoms with van der Waals surface area (Å²) in [4.78, 5) is 15.5. The van der Waals surface area contributed by atoms with E-state index in [4.69, 9.17) is 16.5 Å². The number of nitrogens with two attached hydrogens (primary N) is 2. The molecule has 0 amide bonds. The van der Waals surface area contributed by atoms with E-state index in [1.807, 2.05) is 11.4 Å². The van der Waals surface area contributed by atoms with Crippen LogP contribution in [-0.4, -0.2) is 21.5 Å². The minimum absolute atomic E-state index is 0.337. The Labute approximate surface area is 165 Å². The second kappa shape index (κ2) is 7.59. The highest BCUT2D eigenvalue weighted by Gasteiger charge is 2.19.